The van der Waals surface area contributed by atoms with E-state index in [1.54, 1.807) is 35.6 Å². The first-order valence-corrected chi connectivity index (χ1v) is 24.5. The molecule has 6 rings (SSSR count). The molecule has 1 unspecified atom stereocenters. The van der Waals surface area contributed by atoms with E-state index in [1.165, 1.54) is 4.90 Å². The van der Waals surface area contributed by atoms with Crippen molar-refractivity contribution in [1.29, 1.82) is 0 Å². The zero-order valence-corrected chi connectivity index (χ0v) is 40.5. The number of phenolic OH excluding ortho intramolecular Hbond substituents is 2. The fourth-order valence-corrected chi connectivity index (χ4v) is 9.30. The number of ether oxygens (including phenoxy) is 1. The Morgan fingerprint density at radius 1 is 0.836 bits per heavy atom. The summed E-state index contributed by atoms with van der Waals surface area (Å²) in [5.41, 5.74) is 9.00. The maximum atomic E-state index is 14.0. The topological polar surface area (TPSA) is 173 Å². The number of halogens is 1. The molecule has 0 radical (unpaired) electrons. The van der Waals surface area contributed by atoms with Crippen molar-refractivity contribution < 1.29 is 34.4 Å². The molecule has 1 saturated heterocycles. The maximum absolute atomic E-state index is 14.0. The lowest BCUT2D eigenvalue weighted by atomic mass is 9.85. The summed E-state index contributed by atoms with van der Waals surface area (Å²) in [7, 11) is 0. The molecule has 5 aromatic rings. The number of benzene rings is 4. The molecular weight excluding hydrogens is 886 g/mol. The average molecular weight is 951 g/mol. The van der Waals surface area contributed by atoms with Gasteiger partial charge in [-0.1, -0.05) is 94.3 Å². The van der Waals surface area contributed by atoms with Crippen molar-refractivity contribution in [3.8, 4) is 27.7 Å². The molecule has 0 aliphatic carbocycles. The molecule has 3 atom stereocenters. The summed E-state index contributed by atoms with van der Waals surface area (Å²) < 4.78 is 6.04. The van der Waals surface area contributed by atoms with Gasteiger partial charge in [0.05, 0.1) is 22.2 Å². The number of β-amino-alcohol motifs (C(OH)–C–C–N with tert-alkyl or cyclic N) is 1. The Morgan fingerprint density at radius 2 is 1.46 bits per heavy atom. The number of rotatable bonds is 22. The first-order valence-electron chi connectivity index (χ1n) is 23.1. The normalized spacial score (nSPS) is 15.8. The van der Waals surface area contributed by atoms with Gasteiger partial charge in [-0.25, -0.2) is 4.98 Å². The molecule has 3 amide bonds. The van der Waals surface area contributed by atoms with Crippen molar-refractivity contribution in [2.45, 2.75) is 97.4 Å². The SMILES string of the molecule is Cc1ncsc1-c1ccc(CNC(=O)[C@@H]2C[C@@H](O)CN2C(=O)C(NC(=O)CCCCCCNCCOc2ccc(C(=C(CCCl)c3ccc(O)cc3)c3ccc(O)cc3)cc2)C(C)(C)C)cc1. The van der Waals surface area contributed by atoms with E-state index in [9.17, 15) is 29.7 Å². The number of aryl methyl sites for hydroxylation is 1. The summed E-state index contributed by atoms with van der Waals surface area (Å²) in [6.45, 7) is 9.91. The largest absolute Gasteiger partial charge is 0.508 e. The van der Waals surface area contributed by atoms with Crippen LogP contribution in [0.2, 0.25) is 0 Å². The monoisotopic (exact) mass is 949 g/mol. The molecular formula is C53H64ClN5O7S. The zero-order valence-electron chi connectivity index (χ0n) is 38.9. The molecule has 1 aromatic heterocycles. The number of carbonyl (C=O) groups is 3. The average Bonchev–Trinajstić information content (AvgIpc) is 3.93. The van der Waals surface area contributed by atoms with Gasteiger partial charge >= 0.3 is 0 Å². The summed E-state index contributed by atoms with van der Waals surface area (Å²) in [6, 6.07) is 28.3. The molecule has 2 heterocycles. The van der Waals surface area contributed by atoms with Crippen molar-refractivity contribution in [1.82, 2.24) is 25.8 Å². The second kappa shape index (κ2) is 24.3. The Balaban J connectivity index is 0.901. The maximum Gasteiger partial charge on any atom is 0.246 e. The van der Waals surface area contributed by atoms with Crippen LogP contribution in [0.25, 0.3) is 21.6 Å². The highest BCUT2D eigenvalue weighted by Crippen LogP contribution is 2.37. The number of hydrogen-bond donors (Lipinski definition) is 6. The number of allylic oxidation sites excluding steroid dienone is 1. The third kappa shape index (κ3) is 14.4. The summed E-state index contributed by atoms with van der Waals surface area (Å²) in [5, 5.41) is 39.8. The minimum absolute atomic E-state index is 0.0252. The van der Waals surface area contributed by atoms with E-state index < -0.39 is 23.6 Å². The summed E-state index contributed by atoms with van der Waals surface area (Å²) in [5.74, 6) is 0.605. The van der Waals surface area contributed by atoms with Crippen LogP contribution in [0.1, 0.15) is 93.7 Å². The van der Waals surface area contributed by atoms with Gasteiger partial charge in [0.25, 0.3) is 0 Å². The van der Waals surface area contributed by atoms with Crippen molar-refractivity contribution in [3.05, 3.63) is 131 Å². The van der Waals surface area contributed by atoms with E-state index in [1.807, 2.05) is 106 Å². The number of nitrogens with zero attached hydrogens (tertiary/aromatic N) is 2. The highest BCUT2D eigenvalue weighted by atomic mass is 35.5. The molecule has 4 aromatic carbocycles. The molecule has 1 aliphatic rings. The van der Waals surface area contributed by atoms with Gasteiger partial charge in [0.15, 0.2) is 0 Å². The molecule has 1 aliphatic heterocycles. The Bertz CT molecular complexity index is 2420. The minimum Gasteiger partial charge on any atom is -0.508 e. The van der Waals surface area contributed by atoms with E-state index in [2.05, 4.69) is 20.9 Å². The van der Waals surface area contributed by atoms with Crippen molar-refractivity contribution in [2.24, 2.45) is 5.41 Å². The lowest BCUT2D eigenvalue weighted by Crippen LogP contribution is -2.57. The lowest BCUT2D eigenvalue weighted by Gasteiger charge is -2.35. The fraction of sp³-hybridized carbons (Fsp3) is 0.396. The van der Waals surface area contributed by atoms with Gasteiger partial charge in [0.1, 0.15) is 35.9 Å². The van der Waals surface area contributed by atoms with Crippen molar-refractivity contribution in [3.63, 3.8) is 0 Å². The van der Waals surface area contributed by atoms with Crippen LogP contribution in [-0.4, -0.2) is 93.2 Å². The van der Waals surface area contributed by atoms with Gasteiger partial charge in [-0.15, -0.1) is 22.9 Å². The van der Waals surface area contributed by atoms with E-state index in [0.29, 0.717) is 31.9 Å². The van der Waals surface area contributed by atoms with Crippen LogP contribution in [0.5, 0.6) is 17.2 Å². The molecule has 356 valence electrons. The molecule has 0 spiro atoms. The number of phenols is 2. The number of carbonyl (C=O) groups excluding carboxylic acids is 3. The standard InChI is InChI=1S/C53H64ClN5O7S/c1-35-49(67-34-57-35)40-12-10-36(11-13-40)32-56-51(64)46-31-43(62)33-59(46)52(65)50(53(2,3)4)58-47(63)9-7-5-6-8-28-55-29-30-66-44-24-18-39(19-25-44)48(38-16-22-42(61)23-17-38)45(26-27-54)37-14-20-41(60)21-15-37/h10-25,34,43,46,50,55,60-62H,5-9,26-33H2,1-4H3,(H,56,64)(H,58,63)/t43-,46+,50?/m1/s1. The predicted molar refractivity (Wildman–Crippen MR) is 267 cm³/mol. The molecule has 14 heteroatoms. The molecule has 12 nitrogen and oxygen atoms in total. The van der Waals surface area contributed by atoms with Crippen LogP contribution in [-0.2, 0) is 20.9 Å². The molecule has 1 fully saturated rings. The predicted octanol–water partition coefficient (Wildman–Crippen LogP) is 8.85. The van der Waals surface area contributed by atoms with Crippen molar-refractivity contribution in [2.75, 3.05) is 32.1 Å². The second-order valence-electron chi connectivity index (χ2n) is 18.1. The fourth-order valence-electron chi connectivity index (χ4n) is 8.30. The third-order valence-corrected chi connectivity index (χ3v) is 13.1. The summed E-state index contributed by atoms with van der Waals surface area (Å²) in [4.78, 5) is 47.5. The van der Waals surface area contributed by atoms with E-state index in [4.69, 9.17) is 16.3 Å². The Hall–Kier alpha value is -5.73. The van der Waals surface area contributed by atoms with Gasteiger partial charge in [-0.2, -0.15) is 0 Å². The number of aromatic nitrogens is 1. The number of aliphatic hydroxyl groups excluding tert-OH is 1. The number of unbranched alkanes of at least 4 members (excludes halogenated alkanes) is 3. The van der Waals surface area contributed by atoms with Gasteiger partial charge in [0.2, 0.25) is 17.7 Å². The number of thiazole rings is 1. The van der Waals surface area contributed by atoms with Gasteiger partial charge in [0, 0.05) is 38.4 Å². The first-order chi connectivity index (χ1) is 32.2. The number of amides is 3. The second-order valence-corrected chi connectivity index (χ2v) is 19.4. The Kier molecular flexibility index (Phi) is 18.4. The number of nitrogens with one attached hydrogen (secondary N) is 3. The quantitative estimate of drug-likeness (QED) is 0.0225. The van der Waals surface area contributed by atoms with E-state index in [0.717, 1.165) is 81.1 Å². The van der Waals surface area contributed by atoms with E-state index in [-0.39, 0.29) is 55.2 Å². The van der Waals surface area contributed by atoms with Gasteiger partial charge < -0.3 is 40.9 Å². The van der Waals surface area contributed by atoms with Crippen molar-refractivity contribution >= 4 is 51.8 Å². The van der Waals surface area contributed by atoms with Crippen LogP contribution >= 0.6 is 22.9 Å². The van der Waals surface area contributed by atoms with Gasteiger partial charge in [-0.05, 0) is 114 Å². The Morgan fingerprint density at radius 3 is 2.07 bits per heavy atom. The molecule has 0 bridgehead atoms. The highest BCUT2D eigenvalue weighted by molar-refractivity contribution is 7.13. The minimum atomic E-state index is -0.863. The van der Waals surface area contributed by atoms with Crippen LogP contribution in [0, 0.1) is 12.3 Å². The van der Waals surface area contributed by atoms with Crippen LogP contribution in [0.15, 0.2) is 103 Å². The number of aromatic hydroxyl groups is 2. The summed E-state index contributed by atoms with van der Waals surface area (Å²) in [6.07, 6.45) is 3.60. The van der Waals surface area contributed by atoms with Gasteiger partial charge in [-0.3, -0.25) is 14.4 Å². The number of hydrogen-bond acceptors (Lipinski definition) is 10. The Labute approximate surface area is 403 Å². The molecule has 0 saturated carbocycles. The van der Waals surface area contributed by atoms with E-state index >= 15 is 0 Å². The summed E-state index contributed by atoms with van der Waals surface area (Å²) >= 11 is 7.87. The lowest BCUT2D eigenvalue weighted by molar-refractivity contribution is -0.144. The molecule has 67 heavy (non-hydrogen) atoms. The van der Waals surface area contributed by atoms with Crippen LogP contribution in [0.4, 0.5) is 0 Å². The number of alkyl halides is 1. The van der Waals surface area contributed by atoms with Crippen LogP contribution < -0.4 is 20.7 Å². The number of aliphatic hydroxyl groups is 1. The first kappa shape index (κ1) is 50.7. The third-order valence-electron chi connectivity index (χ3n) is 11.9. The number of likely N-dealkylation sites (tertiary alicyclic amines) is 1. The molecule has 6 N–H and O–H groups in total. The van der Waals surface area contributed by atoms with Crippen LogP contribution in [0.3, 0.4) is 0 Å². The zero-order chi connectivity index (χ0) is 47.9. The smallest absolute Gasteiger partial charge is 0.246 e. The highest BCUT2D eigenvalue weighted by Gasteiger charge is 2.44.